The molecule has 1 heterocycles. The lowest BCUT2D eigenvalue weighted by molar-refractivity contribution is -0.115. The minimum Gasteiger partial charge on any atom is -0.484 e. The zero-order valence-corrected chi connectivity index (χ0v) is 16.3. The topological polar surface area (TPSA) is 68.5 Å². The van der Waals surface area contributed by atoms with Gasteiger partial charge in [0.25, 0.3) is 11.1 Å². The quantitative estimate of drug-likeness (QED) is 0.574. The summed E-state index contributed by atoms with van der Waals surface area (Å²) >= 11 is 1.21. The number of carbonyl (C=O) groups excluding carboxylic acids is 1. The summed E-state index contributed by atoms with van der Waals surface area (Å²) in [4.78, 5) is 13.9. The molecule has 0 radical (unpaired) electrons. The molecule has 0 N–H and O–H groups in total. The number of para-hydroxylation sites is 1. The summed E-state index contributed by atoms with van der Waals surface area (Å²) in [5, 5.41) is 8.28. The normalized spacial score (nSPS) is 10.6. The zero-order chi connectivity index (χ0) is 19.2. The average molecular weight is 383 g/mol. The molecule has 0 unspecified atom stereocenters. The molecule has 0 atom stereocenters. The van der Waals surface area contributed by atoms with Crippen LogP contribution in [-0.4, -0.2) is 28.9 Å². The summed E-state index contributed by atoms with van der Waals surface area (Å²) in [6.45, 7) is 4.23. The second kappa shape index (κ2) is 8.73. The van der Waals surface area contributed by atoms with E-state index in [-0.39, 0.29) is 18.3 Å². The van der Waals surface area contributed by atoms with Crippen molar-refractivity contribution < 1.29 is 13.9 Å². The maximum atomic E-state index is 12.3. The number of ether oxygens (including phenoxy) is 1. The fourth-order valence-corrected chi connectivity index (χ4v) is 3.23. The third-order valence-corrected chi connectivity index (χ3v) is 4.65. The van der Waals surface area contributed by atoms with E-state index in [4.69, 9.17) is 9.15 Å². The molecule has 0 aliphatic heterocycles. The highest BCUT2D eigenvalue weighted by Crippen LogP contribution is 2.21. The van der Waals surface area contributed by atoms with Gasteiger partial charge in [-0.2, -0.15) is 0 Å². The fourth-order valence-electron chi connectivity index (χ4n) is 2.53. The molecule has 0 saturated heterocycles. The zero-order valence-electron chi connectivity index (χ0n) is 15.5. The Morgan fingerprint density at radius 3 is 2.52 bits per heavy atom. The van der Waals surface area contributed by atoms with E-state index in [2.05, 4.69) is 16.3 Å². The molecule has 7 heteroatoms. The van der Waals surface area contributed by atoms with Crippen LogP contribution in [0.1, 0.15) is 17.0 Å². The number of aromatic nitrogens is 2. The maximum Gasteiger partial charge on any atom is 0.277 e. The van der Waals surface area contributed by atoms with Gasteiger partial charge in [0, 0.05) is 12.7 Å². The Morgan fingerprint density at radius 2 is 1.81 bits per heavy atom. The van der Waals surface area contributed by atoms with Crippen molar-refractivity contribution in [3.8, 4) is 5.75 Å². The van der Waals surface area contributed by atoms with E-state index in [0.717, 1.165) is 22.6 Å². The lowest BCUT2D eigenvalue weighted by Gasteiger charge is -2.16. The number of hydrogen-bond donors (Lipinski definition) is 0. The Bertz CT molecular complexity index is 892. The number of hydrogen-bond acceptors (Lipinski definition) is 6. The Morgan fingerprint density at radius 1 is 1.11 bits per heavy atom. The molecule has 0 aliphatic carbocycles. The van der Waals surface area contributed by atoms with Crippen molar-refractivity contribution in [2.45, 2.75) is 25.7 Å². The number of nitrogens with zero attached hydrogens (tertiary/aromatic N) is 3. The Hall–Kier alpha value is -2.80. The highest BCUT2D eigenvalue weighted by Gasteiger charge is 2.14. The smallest absolute Gasteiger partial charge is 0.277 e. The van der Waals surface area contributed by atoms with Crippen LogP contribution in [0.25, 0.3) is 0 Å². The van der Waals surface area contributed by atoms with Gasteiger partial charge in [-0.15, -0.1) is 10.2 Å². The van der Waals surface area contributed by atoms with Crippen molar-refractivity contribution in [3.63, 3.8) is 0 Å². The van der Waals surface area contributed by atoms with Gasteiger partial charge in [-0.3, -0.25) is 4.79 Å². The van der Waals surface area contributed by atoms with Crippen LogP contribution in [0, 0.1) is 13.8 Å². The van der Waals surface area contributed by atoms with Gasteiger partial charge in [0.1, 0.15) is 5.75 Å². The van der Waals surface area contributed by atoms with Crippen LogP contribution in [0.2, 0.25) is 0 Å². The largest absolute Gasteiger partial charge is 0.484 e. The standard InChI is InChI=1S/C20H21N3O3S/c1-14-9-15(2)11-17(10-14)25-12-18-21-22-20(26-18)27-13-19(24)23(3)16-7-5-4-6-8-16/h4-11H,12-13H2,1-3H3. The lowest BCUT2D eigenvalue weighted by Crippen LogP contribution is -2.27. The van der Waals surface area contributed by atoms with Crippen LogP contribution in [0.5, 0.6) is 5.75 Å². The average Bonchev–Trinajstić information content (AvgIpc) is 3.12. The van der Waals surface area contributed by atoms with Gasteiger partial charge in [-0.05, 0) is 49.2 Å². The van der Waals surface area contributed by atoms with Gasteiger partial charge in [0.15, 0.2) is 6.61 Å². The molecule has 1 aromatic heterocycles. The second-order valence-electron chi connectivity index (χ2n) is 6.15. The SMILES string of the molecule is Cc1cc(C)cc(OCc2nnc(SCC(=O)N(C)c3ccccc3)o2)c1. The van der Waals surface area contributed by atoms with Crippen molar-refractivity contribution in [2.75, 3.05) is 17.7 Å². The summed E-state index contributed by atoms with van der Waals surface area (Å²) in [5.41, 5.74) is 3.11. The molecule has 0 spiro atoms. The summed E-state index contributed by atoms with van der Waals surface area (Å²) in [7, 11) is 1.75. The minimum absolute atomic E-state index is 0.0440. The molecule has 3 aromatic rings. The molecule has 0 saturated carbocycles. The van der Waals surface area contributed by atoms with E-state index in [1.54, 1.807) is 11.9 Å². The number of benzene rings is 2. The van der Waals surface area contributed by atoms with Crippen molar-refractivity contribution in [1.29, 1.82) is 0 Å². The molecular weight excluding hydrogens is 362 g/mol. The molecule has 1 amide bonds. The van der Waals surface area contributed by atoms with Crippen molar-refractivity contribution in [2.24, 2.45) is 0 Å². The van der Waals surface area contributed by atoms with Gasteiger partial charge < -0.3 is 14.1 Å². The van der Waals surface area contributed by atoms with E-state index in [9.17, 15) is 4.79 Å². The van der Waals surface area contributed by atoms with Crippen molar-refractivity contribution in [3.05, 3.63) is 65.5 Å². The van der Waals surface area contributed by atoms with E-state index in [0.29, 0.717) is 11.1 Å². The molecule has 27 heavy (non-hydrogen) atoms. The molecular formula is C20H21N3O3S. The van der Waals surface area contributed by atoms with Gasteiger partial charge in [-0.1, -0.05) is 36.0 Å². The highest BCUT2D eigenvalue weighted by molar-refractivity contribution is 7.99. The number of thioether (sulfide) groups is 1. The molecule has 2 aromatic carbocycles. The van der Waals surface area contributed by atoms with E-state index in [1.165, 1.54) is 11.8 Å². The van der Waals surface area contributed by atoms with Gasteiger partial charge in [0.2, 0.25) is 5.91 Å². The second-order valence-corrected chi connectivity index (χ2v) is 7.08. The van der Waals surface area contributed by atoms with Crippen molar-refractivity contribution >= 4 is 23.4 Å². The fraction of sp³-hybridized carbons (Fsp3) is 0.250. The number of aryl methyl sites for hydroxylation is 2. The van der Waals surface area contributed by atoms with E-state index < -0.39 is 0 Å². The van der Waals surface area contributed by atoms with Crippen LogP contribution in [0.3, 0.4) is 0 Å². The third kappa shape index (κ3) is 5.34. The monoisotopic (exact) mass is 383 g/mol. The van der Waals surface area contributed by atoms with Crippen LogP contribution >= 0.6 is 11.8 Å². The first-order chi connectivity index (χ1) is 13.0. The lowest BCUT2D eigenvalue weighted by atomic mass is 10.1. The number of rotatable bonds is 7. The molecule has 140 valence electrons. The molecule has 0 bridgehead atoms. The Kier molecular flexibility index (Phi) is 6.13. The first-order valence-corrected chi connectivity index (χ1v) is 9.48. The van der Waals surface area contributed by atoms with E-state index >= 15 is 0 Å². The minimum atomic E-state index is -0.0440. The van der Waals surface area contributed by atoms with Gasteiger partial charge >= 0.3 is 0 Å². The number of anilines is 1. The van der Waals surface area contributed by atoms with E-state index in [1.807, 2.05) is 56.3 Å². The highest BCUT2D eigenvalue weighted by atomic mass is 32.2. The molecule has 0 aliphatic rings. The Balaban J connectivity index is 1.51. The maximum absolute atomic E-state index is 12.3. The summed E-state index contributed by atoms with van der Waals surface area (Å²) in [6.07, 6.45) is 0. The number of amides is 1. The molecule has 0 fully saturated rings. The van der Waals surface area contributed by atoms with Crippen LogP contribution in [-0.2, 0) is 11.4 Å². The molecule has 6 nitrogen and oxygen atoms in total. The summed E-state index contributed by atoms with van der Waals surface area (Å²) in [6, 6.07) is 15.5. The van der Waals surface area contributed by atoms with Gasteiger partial charge in [-0.25, -0.2) is 0 Å². The first kappa shape index (κ1) is 19.0. The van der Waals surface area contributed by atoms with Crippen LogP contribution in [0.15, 0.2) is 58.2 Å². The third-order valence-electron chi connectivity index (χ3n) is 3.84. The number of carbonyl (C=O) groups is 1. The van der Waals surface area contributed by atoms with Gasteiger partial charge in [0.05, 0.1) is 5.75 Å². The van der Waals surface area contributed by atoms with Crippen LogP contribution < -0.4 is 9.64 Å². The van der Waals surface area contributed by atoms with Crippen LogP contribution in [0.4, 0.5) is 5.69 Å². The Labute approximate surface area is 162 Å². The molecule has 3 rings (SSSR count). The first-order valence-electron chi connectivity index (χ1n) is 8.49. The predicted molar refractivity (Wildman–Crippen MR) is 105 cm³/mol. The predicted octanol–water partition coefficient (Wildman–Crippen LogP) is 4.02. The summed E-state index contributed by atoms with van der Waals surface area (Å²) in [5.74, 6) is 1.31. The van der Waals surface area contributed by atoms with Crippen molar-refractivity contribution in [1.82, 2.24) is 10.2 Å². The summed E-state index contributed by atoms with van der Waals surface area (Å²) < 4.78 is 11.3.